The number of aromatic nitrogens is 2. The third kappa shape index (κ3) is 6.52. The Morgan fingerprint density at radius 3 is 2.65 bits per heavy atom. The van der Waals surface area contributed by atoms with Gasteiger partial charge in [0.05, 0.1) is 6.61 Å². The van der Waals surface area contributed by atoms with Crippen molar-refractivity contribution in [1.29, 1.82) is 0 Å². The molecule has 3 rings (SSSR count). The second kappa shape index (κ2) is 11.8. The monoisotopic (exact) mass is 424 g/mol. The first-order chi connectivity index (χ1) is 15.1. The van der Waals surface area contributed by atoms with Crippen molar-refractivity contribution in [3.05, 3.63) is 41.7 Å². The SMILES string of the molecule is CCCCCC(CC)C1CCc2nc(-c3ccc(OC(=O)OCCC)cc3)ncc2C1. The predicted octanol–water partition coefficient (Wildman–Crippen LogP) is 6.78. The van der Waals surface area contributed by atoms with Gasteiger partial charge in [0, 0.05) is 17.5 Å². The van der Waals surface area contributed by atoms with Gasteiger partial charge < -0.3 is 9.47 Å². The minimum Gasteiger partial charge on any atom is -0.434 e. The highest BCUT2D eigenvalue weighted by atomic mass is 16.7. The second-order valence-corrected chi connectivity index (χ2v) is 8.56. The molecule has 1 aromatic heterocycles. The maximum atomic E-state index is 11.6. The summed E-state index contributed by atoms with van der Waals surface area (Å²) in [6, 6.07) is 7.28. The maximum absolute atomic E-state index is 11.6. The number of aryl methyl sites for hydroxylation is 1. The average molecular weight is 425 g/mol. The Morgan fingerprint density at radius 1 is 1.13 bits per heavy atom. The van der Waals surface area contributed by atoms with Crippen LogP contribution in [0.5, 0.6) is 5.75 Å². The van der Waals surface area contributed by atoms with Gasteiger partial charge in [0.15, 0.2) is 5.82 Å². The van der Waals surface area contributed by atoms with E-state index in [1.807, 2.05) is 25.3 Å². The van der Waals surface area contributed by atoms with Crippen molar-refractivity contribution in [3.63, 3.8) is 0 Å². The zero-order valence-corrected chi connectivity index (χ0v) is 19.2. The van der Waals surface area contributed by atoms with Crippen LogP contribution in [0, 0.1) is 11.8 Å². The van der Waals surface area contributed by atoms with Crippen molar-refractivity contribution in [2.75, 3.05) is 6.61 Å². The van der Waals surface area contributed by atoms with Crippen LogP contribution in [0.3, 0.4) is 0 Å². The molecule has 0 N–H and O–H groups in total. The molecule has 1 aliphatic rings. The van der Waals surface area contributed by atoms with Crippen LogP contribution in [-0.4, -0.2) is 22.7 Å². The third-order valence-corrected chi connectivity index (χ3v) is 6.30. The van der Waals surface area contributed by atoms with Crippen molar-refractivity contribution >= 4 is 6.16 Å². The van der Waals surface area contributed by atoms with Crippen LogP contribution < -0.4 is 4.74 Å². The number of nitrogens with zero attached hydrogens (tertiary/aromatic N) is 2. The lowest BCUT2D eigenvalue weighted by molar-refractivity contribution is 0.0992. The number of benzene rings is 1. The van der Waals surface area contributed by atoms with Crippen molar-refractivity contribution in [1.82, 2.24) is 9.97 Å². The second-order valence-electron chi connectivity index (χ2n) is 8.56. The predicted molar refractivity (Wildman–Crippen MR) is 123 cm³/mol. The molecule has 0 amide bonds. The first-order valence-electron chi connectivity index (χ1n) is 11.9. The Labute approximate surface area is 186 Å². The highest BCUT2D eigenvalue weighted by Crippen LogP contribution is 2.34. The standard InChI is InChI=1S/C26H36N2O3/c1-4-7-8-9-19(6-3)21-12-15-24-22(17-21)18-27-25(28-24)20-10-13-23(14-11-20)31-26(29)30-16-5-2/h10-11,13-14,18-19,21H,4-9,12,15-17H2,1-3H3. The minimum absolute atomic E-state index is 0.360. The lowest BCUT2D eigenvalue weighted by Gasteiger charge is -2.30. The van der Waals surface area contributed by atoms with E-state index in [2.05, 4.69) is 18.8 Å². The van der Waals surface area contributed by atoms with E-state index in [9.17, 15) is 4.79 Å². The molecule has 0 aliphatic heterocycles. The molecule has 0 fully saturated rings. The Morgan fingerprint density at radius 2 is 1.94 bits per heavy atom. The molecule has 1 heterocycles. The summed E-state index contributed by atoms with van der Waals surface area (Å²) in [7, 11) is 0. The normalized spacial score (nSPS) is 16.4. The molecule has 2 atom stereocenters. The van der Waals surface area contributed by atoms with Crippen LogP contribution >= 0.6 is 0 Å². The van der Waals surface area contributed by atoms with Gasteiger partial charge in [-0.15, -0.1) is 0 Å². The fourth-order valence-electron chi connectivity index (χ4n) is 4.49. The molecule has 0 saturated carbocycles. The van der Waals surface area contributed by atoms with Crippen LogP contribution in [0.4, 0.5) is 4.79 Å². The van der Waals surface area contributed by atoms with Crippen molar-refractivity contribution in [2.45, 2.75) is 78.6 Å². The Balaban J connectivity index is 1.63. The summed E-state index contributed by atoms with van der Waals surface area (Å²) in [5.74, 6) is 2.76. The zero-order chi connectivity index (χ0) is 22.1. The van der Waals surface area contributed by atoms with E-state index in [0.717, 1.165) is 42.5 Å². The summed E-state index contributed by atoms with van der Waals surface area (Å²) in [4.78, 5) is 21.1. The van der Waals surface area contributed by atoms with Gasteiger partial charge in [-0.05, 0) is 67.3 Å². The molecule has 5 heteroatoms. The van der Waals surface area contributed by atoms with E-state index in [0.29, 0.717) is 12.4 Å². The van der Waals surface area contributed by atoms with E-state index in [1.165, 1.54) is 49.8 Å². The zero-order valence-electron chi connectivity index (χ0n) is 19.2. The number of fused-ring (bicyclic) bond motifs is 1. The van der Waals surface area contributed by atoms with Gasteiger partial charge in [-0.2, -0.15) is 0 Å². The van der Waals surface area contributed by atoms with Gasteiger partial charge in [-0.3, -0.25) is 0 Å². The van der Waals surface area contributed by atoms with E-state index in [4.69, 9.17) is 14.5 Å². The van der Waals surface area contributed by atoms with E-state index >= 15 is 0 Å². The van der Waals surface area contributed by atoms with Crippen LogP contribution in [0.25, 0.3) is 11.4 Å². The molecule has 1 aromatic carbocycles. The van der Waals surface area contributed by atoms with Crippen molar-refractivity contribution in [2.24, 2.45) is 11.8 Å². The molecule has 31 heavy (non-hydrogen) atoms. The van der Waals surface area contributed by atoms with Crippen molar-refractivity contribution in [3.8, 4) is 17.1 Å². The van der Waals surface area contributed by atoms with Crippen LogP contribution in [-0.2, 0) is 17.6 Å². The summed E-state index contributed by atoms with van der Waals surface area (Å²) in [6.07, 6.45) is 12.1. The minimum atomic E-state index is -0.672. The van der Waals surface area contributed by atoms with Gasteiger partial charge in [0.25, 0.3) is 0 Å². The molecule has 2 aromatic rings. The molecule has 168 valence electrons. The summed E-state index contributed by atoms with van der Waals surface area (Å²) in [5, 5.41) is 0. The number of carbonyl (C=O) groups excluding carboxylic acids is 1. The lowest BCUT2D eigenvalue weighted by atomic mass is 9.76. The summed E-state index contributed by atoms with van der Waals surface area (Å²) in [6.45, 7) is 6.91. The first kappa shape index (κ1) is 23.2. The molecule has 1 aliphatic carbocycles. The van der Waals surface area contributed by atoms with E-state index < -0.39 is 6.16 Å². The molecule has 0 bridgehead atoms. The fraction of sp³-hybridized carbons (Fsp3) is 0.577. The van der Waals surface area contributed by atoms with Gasteiger partial charge >= 0.3 is 6.16 Å². The largest absolute Gasteiger partial charge is 0.513 e. The lowest BCUT2D eigenvalue weighted by Crippen LogP contribution is -2.23. The van der Waals surface area contributed by atoms with E-state index in [1.54, 1.807) is 12.1 Å². The maximum Gasteiger partial charge on any atom is 0.513 e. The van der Waals surface area contributed by atoms with Crippen LogP contribution in [0.2, 0.25) is 0 Å². The molecule has 2 unspecified atom stereocenters. The summed E-state index contributed by atoms with van der Waals surface area (Å²) in [5.41, 5.74) is 3.42. The molecular weight excluding hydrogens is 388 g/mol. The fourth-order valence-corrected chi connectivity index (χ4v) is 4.49. The Hall–Kier alpha value is -2.43. The van der Waals surface area contributed by atoms with Gasteiger partial charge in [-0.1, -0.05) is 52.9 Å². The third-order valence-electron chi connectivity index (χ3n) is 6.30. The molecule has 0 saturated heterocycles. The van der Waals surface area contributed by atoms with Gasteiger partial charge in [0.1, 0.15) is 5.75 Å². The van der Waals surface area contributed by atoms with E-state index in [-0.39, 0.29) is 0 Å². The van der Waals surface area contributed by atoms with Crippen LogP contribution in [0.1, 0.15) is 77.0 Å². The molecule has 5 nitrogen and oxygen atoms in total. The summed E-state index contributed by atoms with van der Waals surface area (Å²) >= 11 is 0. The highest BCUT2D eigenvalue weighted by molar-refractivity contribution is 5.65. The number of hydrogen-bond donors (Lipinski definition) is 0. The number of ether oxygens (including phenoxy) is 2. The topological polar surface area (TPSA) is 61.3 Å². The average Bonchev–Trinajstić information content (AvgIpc) is 2.80. The Kier molecular flexibility index (Phi) is 8.86. The molecule has 0 spiro atoms. The van der Waals surface area contributed by atoms with Crippen molar-refractivity contribution < 1.29 is 14.3 Å². The summed E-state index contributed by atoms with van der Waals surface area (Å²) < 4.78 is 10.1. The number of rotatable bonds is 10. The smallest absolute Gasteiger partial charge is 0.434 e. The van der Waals surface area contributed by atoms with Crippen LogP contribution in [0.15, 0.2) is 30.5 Å². The van der Waals surface area contributed by atoms with Gasteiger partial charge in [-0.25, -0.2) is 14.8 Å². The first-order valence-corrected chi connectivity index (χ1v) is 11.9. The number of unbranched alkanes of at least 4 members (excludes halogenated alkanes) is 2. The number of hydrogen-bond acceptors (Lipinski definition) is 5. The highest BCUT2D eigenvalue weighted by Gasteiger charge is 2.26. The number of carbonyl (C=O) groups is 1. The molecular formula is C26H36N2O3. The molecule has 0 radical (unpaired) electrons. The quantitative estimate of drug-likeness (QED) is 0.239. The van der Waals surface area contributed by atoms with Gasteiger partial charge in [0.2, 0.25) is 0 Å². The Bertz CT molecular complexity index is 835.